The highest BCUT2D eigenvalue weighted by molar-refractivity contribution is 5.94. The van der Waals surface area contributed by atoms with Crippen LogP contribution >= 0.6 is 0 Å². The molecule has 2 aromatic rings. The van der Waals surface area contributed by atoms with Gasteiger partial charge < -0.3 is 19.5 Å². The number of methoxy groups -OCH3 is 2. The number of anilines is 1. The molecule has 1 aliphatic rings. The summed E-state index contributed by atoms with van der Waals surface area (Å²) in [6, 6.07) is 3.91. The number of hydrogen-bond donors (Lipinski definition) is 1. The van der Waals surface area contributed by atoms with Gasteiger partial charge in [0.05, 0.1) is 20.4 Å². The van der Waals surface area contributed by atoms with Crippen LogP contribution in [0.5, 0.6) is 11.5 Å². The van der Waals surface area contributed by atoms with Crippen molar-refractivity contribution in [2.75, 3.05) is 38.8 Å². The average molecular weight is 317 g/mol. The van der Waals surface area contributed by atoms with E-state index in [4.69, 9.17) is 14.6 Å². The molecule has 0 amide bonds. The summed E-state index contributed by atoms with van der Waals surface area (Å²) in [6.45, 7) is 2.15. The molecule has 0 aliphatic carbocycles. The first-order valence-electron chi connectivity index (χ1n) is 8.00. The van der Waals surface area contributed by atoms with E-state index in [1.54, 1.807) is 20.4 Å². The molecular weight excluding hydrogens is 294 g/mol. The molecule has 0 unspecified atom stereocenters. The third-order valence-corrected chi connectivity index (χ3v) is 4.60. The van der Waals surface area contributed by atoms with Crippen molar-refractivity contribution in [2.45, 2.75) is 19.3 Å². The molecule has 0 spiro atoms. The monoisotopic (exact) mass is 317 g/mol. The van der Waals surface area contributed by atoms with Crippen molar-refractivity contribution in [3.05, 3.63) is 18.3 Å². The van der Waals surface area contributed by atoms with Crippen LogP contribution < -0.4 is 14.4 Å². The molecule has 124 valence electrons. The summed E-state index contributed by atoms with van der Waals surface area (Å²) in [4.78, 5) is 2.27. The van der Waals surface area contributed by atoms with E-state index >= 15 is 0 Å². The number of piperidine rings is 1. The van der Waals surface area contributed by atoms with Crippen molar-refractivity contribution in [1.29, 1.82) is 0 Å². The second-order valence-electron chi connectivity index (χ2n) is 5.91. The largest absolute Gasteiger partial charge is 0.493 e. The normalized spacial score (nSPS) is 15.9. The first kappa shape index (κ1) is 15.8. The molecule has 23 heavy (non-hydrogen) atoms. The van der Waals surface area contributed by atoms with Crippen LogP contribution in [0, 0.1) is 5.92 Å². The number of aromatic nitrogens is 2. The van der Waals surface area contributed by atoms with Gasteiger partial charge in [0.1, 0.15) is 0 Å². The SMILES string of the molecule is COc1cc2cnnc(N3CCC(CCO)CC3)c2cc1OC. The first-order valence-corrected chi connectivity index (χ1v) is 8.00. The molecule has 6 heteroatoms. The van der Waals surface area contributed by atoms with Crippen molar-refractivity contribution in [1.82, 2.24) is 10.2 Å². The highest BCUT2D eigenvalue weighted by Gasteiger charge is 2.22. The minimum atomic E-state index is 0.274. The molecule has 1 aromatic carbocycles. The van der Waals surface area contributed by atoms with Crippen molar-refractivity contribution in [3.63, 3.8) is 0 Å². The number of nitrogens with zero attached hydrogens (tertiary/aromatic N) is 3. The van der Waals surface area contributed by atoms with E-state index in [0.717, 1.165) is 48.9 Å². The maximum Gasteiger partial charge on any atom is 0.161 e. The molecule has 1 aromatic heterocycles. The Morgan fingerprint density at radius 2 is 1.87 bits per heavy atom. The third-order valence-electron chi connectivity index (χ3n) is 4.60. The highest BCUT2D eigenvalue weighted by atomic mass is 16.5. The highest BCUT2D eigenvalue weighted by Crippen LogP contribution is 2.36. The Labute approximate surface area is 136 Å². The van der Waals surface area contributed by atoms with Gasteiger partial charge in [0.15, 0.2) is 17.3 Å². The van der Waals surface area contributed by atoms with Crippen molar-refractivity contribution in [2.24, 2.45) is 5.92 Å². The molecule has 0 bridgehead atoms. The summed E-state index contributed by atoms with van der Waals surface area (Å²) in [5.74, 6) is 2.89. The lowest BCUT2D eigenvalue weighted by atomic mass is 9.94. The van der Waals surface area contributed by atoms with Crippen molar-refractivity contribution < 1.29 is 14.6 Å². The second-order valence-corrected chi connectivity index (χ2v) is 5.91. The summed E-state index contributed by atoms with van der Waals surface area (Å²) in [7, 11) is 3.27. The Bertz CT molecular complexity index is 669. The quantitative estimate of drug-likeness (QED) is 0.912. The number of rotatable bonds is 5. The van der Waals surface area contributed by atoms with E-state index in [9.17, 15) is 0 Å². The Kier molecular flexibility index (Phi) is 4.81. The van der Waals surface area contributed by atoms with Crippen molar-refractivity contribution in [3.8, 4) is 11.5 Å². The minimum Gasteiger partial charge on any atom is -0.493 e. The molecule has 0 atom stereocenters. The van der Waals surface area contributed by atoms with Crippen LogP contribution in [0.15, 0.2) is 18.3 Å². The molecule has 1 aliphatic heterocycles. The van der Waals surface area contributed by atoms with E-state index in [-0.39, 0.29) is 6.61 Å². The van der Waals surface area contributed by atoms with Gasteiger partial charge in [-0.3, -0.25) is 0 Å². The Morgan fingerprint density at radius 3 is 2.52 bits per heavy atom. The van der Waals surface area contributed by atoms with Gasteiger partial charge in [-0.2, -0.15) is 5.10 Å². The van der Waals surface area contributed by atoms with Crippen molar-refractivity contribution >= 4 is 16.6 Å². The molecular formula is C17H23N3O3. The maximum atomic E-state index is 9.09. The lowest BCUT2D eigenvalue weighted by Gasteiger charge is -2.32. The van der Waals surface area contributed by atoms with Crippen LogP contribution in [0.2, 0.25) is 0 Å². The van der Waals surface area contributed by atoms with Crippen LogP contribution in [0.1, 0.15) is 19.3 Å². The fraction of sp³-hybridized carbons (Fsp3) is 0.529. The number of benzene rings is 1. The van der Waals surface area contributed by atoms with E-state index in [0.29, 0.717) is 17.4 Å². The number of aliphatic hydroxyl groups is 1. The average Bonchev–Trinajstić information content (AvgIpc) is 2.61. The van der Waals surface area contributed by atoms with Gasteiger partial charge in [-0.15, -0.1) is 5.10 Å². The van der Waals surface area contributed by atoms with Gasteiger partial charge in [0.2, 0.25) is 0 Å². The summed E-state index contributed by atoms with van der Waals surface area (Å²) in [5, 5.41) is 19.6. The van der Waals surface area contributed by atoms with Crippen LogP contribution in [0.25, 0.3) is 10.8 Å². The van der Waals surface area contributed by atoms with Crippen LogP contribution in [-0.2, 0) is 0 Å². The zero-order valence-corrected chi connectivity index (χ0v) is 13.7. The van der Waals surface area contributed by atoms with Gasteiger partial charge in [-0.25, -0.2) is 0 Å². The van der Waals surface area contributed by atoms with Crippen LogP contribution in [0.4, 0.5) is 5.82 Å². The van der Waals surface area contributed by atoms with Gasteiger partial charge in [-0.1, -0.05) is 0 Å². The fourth-order valence-corrected chi connectivity index (χ4v) is 3.24. The summed E-state index contributed by atoms with van der Waals surface area (Å²) in [5.41, 5.74) is 0. The molecule has 2 heterocycles. The zero-order chi connectivity index (χ0) is 16.2. The number of ether oxygens (including phenoxy) is 2. The second kappa shape index (κ2) is 7.00. The van der Waals surface area contributed by atoms with E-state index < -0.39 is 0 Å². The van der Waals surface area contributed by atoms with Gasteiger partial charge in [-0.05, 0) is 37.3 Å². The third kappa shape index (κ3) is 3.17. The number of fused-ring (bicyclic) bond motifs is 1. The summed E-state index contributed by atoms with van der Waals surface area (Å²) >= 11 is 0. The van der Waals surface area contributed by atoms with Gasteiger partial charge in [0, 0.05) is 30.5 Å². The molecule has 6 nitrogen and oxygen atoms in total. The van der Waals surface area contributed by atoms with Gasteiger partial charge in [0.25, 0.3) is 0 Å². The standard InChI is InChI=1S/C17H23N3O3/c1-22-15-9-13-11-18-19-17(14(13)10-16(15)23-2)20-6-3-12(4-7-20)5-8-21/h9-12,21H,3-8H2,1-2H3. The first-order chi connectivity index (χ1) is 11.3. The lowest BCUT2D eigenvalue weighted by Crippen LogP contribution is -2.34. The van der Waals surface area contributed by atoms with Crippen LogP contribution in [-0.4, -0.2) is 49.2 Å². The Hall–Kier alpha value is -2.08. The smallest absolute Gasteiger partial charge is 0.161 e. The van der Waals surface area contributed by atoms with E-state index in [2.05, 4.69) is 15.1 Å². The summed E-state index contributed by atoms with van der Waals surface area (Å²) < 4.78 is 10.8. The topological polar surface area (TPSA) is 67.7 Å². The zero-order valence-electron chi connectivity index (χ0n) is 13.7. The van der Waals surface area contributed by atoms with Gasteiger partial charge >= 0.3 is 0 Å². The lowest BCUT2D eigenvalue weighted by molar-refractivity contribution is 0.240. The molecule has 0 saturated carbocycles. The molecule has 1 fully saturated rings. The fourth-order valence-electron chi connectivity index (χ4n) is 3.24. The van der Waals surface area contributed by atoms with E-state index in [1.807, 2.05) is 12.1 Å². The Morgan fingerprint density at radius 1 is 1.17 bits per heavy atom. The molecule has 3 rings (SSSR count). The summed E-state index contributed by atoms with van der Waals surface area (Å²) in [6.07, 6.45) is 4.79. The molecule has 1 saturated heterocycles. The minimum absolute atomic E-state index is 0.274. The number of aliphatic hydroxyl groups excluding tert-OH is 1. The number of hydrogen-bond acceptors (Lipinski definition) is 6. The predicted molar refractivity (Wildman–Crippen MR) is 89.3 cm³/mol. The maximum absolute atomic E-state index is 9.09. The molecule has 1 N–H and O–H groups in total. The predicted octanol–water partition coefficient (Wildman–Crippen LogP) is 2.25. The van der Waals surface area contributed by atoms with Crippen LogP contribution in [0.3, 0.4) is 0 Å². The Balaban J connectivity index is 1.92. The molecule has 0 radical (unpaired) electrons. The van der Waals surface area contributed by atoms with E-state index in [1.165, 1.54) is 0 Å².